The van der Waals surface area contributed by atoms with Crippen molar-refractivity contribution in [2.45, 2.75) is 26.2 Å². The van der Waals surface area contributed by atoms with E-state index in [1.807, 2.05) is 29.0 Å². The first-order valence-corrected chi connectivity index (χ1v) is 5.35. The van der Waals surface area contributed by atoms with Crippen molar-refractivity contribution in [1.29, 1.82) is 0 Å². The van der Waals surface area contributed by atoms with Gasteiger partial charge in [-0.1, -0.05) is 13.3 Å². The molecule has 0 atom stereocenters. The zero-order valence-corrected chi connectivity index (χ0v) is 9.23. The molecule has 0 saturated heterocycles. The number of fused-ring (bicyclic) bond motifs is 1. The Morgan fingerprint density at radius 2 is 2.33 bits per heavy atom. The summed E-state index contributed by atoms with van der Waals surface area (Å²) < 4.78 is 7.11. The summed E-state index contributed by atoms with van der Waals surface area (Å²) in [5.74, 6) is 0.890. The van der Waals surface area contributed by atoms with Gasteiger partial charge in [-0.2, -0.15) is 5.10 Å². The van der Waals surface area contributed by atoms with Crippen molar-refractivity contribution >= 4 is 5.52 Å². The molecule has 0 unspecified atom stereocenters. The van der Waals surface area contributed by atoms with E-state index in [1.165, 1.54) is 18.4 Å². The summed E-state index contributed by atoms with van der Waals surface area (Å²) in [6, 6.07) is 3.96. The summed E-state index contributed by atoms with van der Waals surface area (Å²) in [6.45, 7) is 2.20. The van der Waals surface area contributed by atoms with E-state index in [2.05, 4.69) is 12.0 Å². The van der Waals surface area contributed by atoms with Gasteiger partial charge in [0.1, 0.15) is 5.75 Å². The van der Waals surface area contributed by atoms with E-state index < -0.39 is 0 Å². The summed E-state index contributed by atoms with van der Waals surface area (Å²) >= 11 is 0. The number of hydrogen-bond donors (Lipinski definition) is 0. The monoisotopic (exact) mass is 204 g/mol. The fourth-order valence-electron chi connectivity index (χ4n) is 1.70. The molecule has 0 aliphatic rings. The Morgan fingerprint density at radius 1 is 1.47 bits per heavy atom. The van der Waals surface area contributed by atoms with Crippen molar-refractivity contribution in [1.82, 2.24) is 9.61 Å². The van der Waals surface area contributed by atoms with Gasteiger partial charge < -0.3 is 4.74 Å². The van der Waals surface area contributed by atoms with E-state index >= 15 is 0 Å². The first-order chi connectivity index (χ1) is 7.35. The molecule has 0 radical (unpaired) electrons. The lowest BCUT2D eigenvalue weighted by atomic mass is 10.1. The van der Waals surface area contributed by atoms with Crippen LogP contribution in [0.5, 0.6) is 5.75 Å². The molecule has 0 bridgehead atoms. The third-order valence-corrected chi connectivity index (χ3v) is 2.61. The molecule has 0 aromatic carbocycles. The van der Waals surface area contributed by atoms with Gasteiger partial charge >= 0.3 is 0 Å². The van der Waals surface area contributed by atoms with Gasteiger partial charge in [-0.05, 0) is 24.5 Å². The third-order valence-electron chi connectivity index (χ3n) is 2.61. The van der Waals surface area contributed by atoms with Crippen molar-refractivity contribution in [2.75, 3.05) is 7.11 Å². The molecule has 15 heavy (non-hydrogen) atoms. The van der Waals surface area contributed by atoms with E-state index in [4.69, 9.17) is 4.74 Å². The number of aromatic nitrogens is 2. The van der Waals surface area contributed by atoms with E-state index in [0.29, 0.717) is 0 Å². The maximum Gasteiger partial charge on any atom is 0.122 e. The number of pyridine rings is 1. The molecule has 0 aliphatic heterocycles. The second kappa shape index (κ2) is 4.34. The average molecular weight is 204 g/mol. The number of rotatable bonds is 4. The van der Waals surface area contributed by atoms with Crippen LogP contribution in [-0.4, -0.2) is 16.7 Å². The molecular formula is C12H16N2O. The van der Waals surface area contributed by atoms with Crippen LogP contribution in [0.1, 0.15) is 25.3 Å². The van der Waals surface area contributed by atoms with Gasteiger partial charge in [-0.3, -0.25) is 0 Å². The highest BCUT2D eigenvalue weighted by Crippen LogP contribution is 2.18. The molecule has 3 nitrogen and oxygen atoms in total. The molecule has 0 spiro atoms. The minimum Gasteiger partial charge on any atom is -0.497 e. The topological polar surface area (TPSA) is 26.5 Å². The molecule has 0 N–H and O–H groups in total. The summed E-state index contributed by atoms with van der Waals surface area (Å²) in [5.41, 5.74) is 2.46. The Hall–Kier alpha value is -1.51. The number of ether oxygens (including phenoxy) is 1. The molecule has 0 amide bonds. The average Bonchev–Trinajstić information content (AvgIpc) is 2.68. The van der Waals surface area contributed by atoms with Crippen LogP contribution in [0.2, 0.25) is 0 Å². The summed E-state index contributed by atoms with van der Waals surface area (Å²) in [6.07, 6.45) is 7.39. The molecule has 2 rings (SSSR count). The Morgan fingerprint density at radius 3 is 3.07 bits per heavy atom. The van der Waals surface area contributed by atoms with Gasteiger partial charge in [0.15, 0.2) is 0 Å². The summed E-state index contributed by atoms with van der Waals surface area (Å²) in [4.78, 5) is 0. The quantitative estimate of drug-likeness (QED) is 0.765. The maximum atomic E-state index is 5.21. The molecule has 2 heterocycles. The normalized spacial score (nSPS) is 10.8. The fourth-order valence-corrected chi connectivity index (χ4v) is 1.70. The molecule has 0 aliphatic carbocycles. The second-order valence-electron chi connectivity index (χ2n) is 3.67. The molecular weight excluding hydrogens is 188 g/mol. The lowest BCUT2D eigenvalue weighted by Gasteiger charge is -2.01. The van der Waals surface area contributed by atoms with Crippen molar-refractivity contribution < 1.29 is 4.74 Å². The lowest BCUT2D eigenvalue weighted by molar-refractivity contribution is 0.414. The van der Waals surface area contributed by atoms with Crippen molar-refractivity contribution in [3.8, 4) is 5.75 Å². The molecule has 0 saturated carbocycles. The highest BCUT2D eigenvalue weighted by molar-refractivity contribution is 5.56. The van der Waals surface area contributed by atoms with Crippen molar-refractivity contribution in [2.24, 2.45) is 0 Å². The van der Waals surface area contributed by atoms with E-state index in [-0.39, 0.29) is 0 Å². The third kappa shape index (κ3) is 1.96. The van der Waals surface area contributed by atoms with Crippen LogP contribution in [0.25, 0.3) is 5.52 Å². The van der Waals surface area contributed by atoms with Crippen LogP contribution in [0.4, 0.5) is 0 Å². The highest BCUT2D eigenvalue weighted by atomic mass is 16.5. The van der Waals surface area contributed by atoms with Crippen LogP contribution in [0.3, 0.4) is 0 Å². The van der Waals surface area contributed by atoms with Gasteiger partial charge in [0.25, 0.3) is 0 Å². The molecule has 0 fully saturated rings. The van der Waals surface area contributed by atoms with Crippen LogP contribution >= 0.6 is 0 Å². The zero-order chi connectivity index (χ0) is 10.7. The number of aryl methyl sites for hydroxylation is 1. The number of unbranched alkanes of at least 4 members (excludes halogenated alkanes) is 1. The minimum atomic E-state index is 0.890. The SMILES string of the molecule is CCCCc1cnn2ccc(OC)cc12. The Kier molecular flexibility index (Phi) is 2.90. The van der Waals surface area contributed by atoms with Crippen LogP contribution in [0.15, 0.2) is 24.5 Å². The van der Waals surface area contributed by atoms with Crippen molar-refractivity contribution in [3.05, 3.63) is 30.1 Å². The maximum absolute atomic E-state index is 5.21. The standard InChI is InChI=1S/C12H16N2O/c1-3-4-5-10-9-13-14-7-6-11(15-2)8-12(10)14/h6-9H,3-5H2,1-2H3. The van der Waals surface area contributed by atoms with Gasteiger partial charge in [-0.15, -0.1) is 0 Å². The van der Waals surface area contributed by atoms with Crippen LogP contribution < -0.4 is 4.74 Å². The van der Waals surface area contributed by atoms with Gasteiger partial charge in [0, 0.05) is 12.3 Å². The van der Waals surface area contributed by atoms with Gasteiger partial charge in [0.2, 0.25) is 0 Å². The largest absolute Gasteiger partial charge is 0.497 e. The van der Waals surface area contributed by atoms with E-state index in [9.17, 15) is 0 Å². The predicted molar refractivity (Wildman–Crippen MR) is 60.4 cm³/mol. The van der Waals surface area contributed by atoms with Crippen LogP contribution in [0, 0.1) is 0 Å². The fraction of sp³-hybridized carbons (Fsp3) is 0.417. The van der Waals surface area contributed by atoms with E-state index in [0.717, 1.165) is 17.7 Å². The van der Waals surface area contributed by atoms with Gasteiger partial charge in [0.05, 0.1) is 18.8 Å². The van der Waals surface area contributed by atoms with Gasteiger partial charge in [-0.25, -0.2) is 4.52 Å². The predicted octanol–water partition coefficient (Wildman–Crippen LogP) is 2.69. The molecule has 3 heteroatoms. The lowest BCUT2D eigenvalue weighted by Crippen LogP contribution is -1.90. The number of methoxy groups -OCH3 is 1. The number of nitrogens with zero attached hydrogens (tertiary/aromatic N) is 2. The second-order valence-corrected chi connectivity index (χ2v) is 3.67. The highest BCUT2D eigenvalue weighted by Gasteiger charge is 2.04. The first-order valence-electron chi connectivity index (χ1n) is 5.35. The Balaban J connectivity index is 2.38. The first kappa shape index (κ1) is 10.0. The van der Waals surface area contributed by atoms with Crippen LogP contribution in [-0.2, 0) is 6.42 Å². The van der Waals surface area contributed by atoms with E-state index in [1.54, 1.807) is 7.11 Å². The number of hydrogen-bond acceptors (Lipinski definition) is 2. The van der Waals surface area contributed by atoms with Crippen molar-refractivity contribution in [3.63, 3.8) is 0 Å². The Bertz CT molecular complexity index is 448. The molecule has 2 aromatic rings. The zero-order valence-electron chi connectivity index (χ0n) is 9.23. The Labute approximate surface area is 89.7 Å². The smallest absolute Gasteiger partial charge is 0.122 e. The molecule has 80 valence electrons. The molecule has 2 aromatic heterocycles. The summed E-state index contributed by atoms with van der Waals surface area (Å²) in [7, 11) is 1.69. The summed E-state index contributed by atoms with van der Waals surface area (Å²) in [5, 5.41) is 4.31. The minimum absolute atomic E-state index is 0.890.